The van der Waals surface area contributed by atoms with Gasteiger partial charge in [0.15, 0.2) is 5.60 Å². The zero-order valence-corrected chi connectivity index (χ0v) is 7.25. The minimum absolute atomic E-state index is 0.349. The van der Waals surface area contributed by atoms with Crippen molar-refractivity contribution in [3.05, 3.63) is 12.2 Å². The number of hydrogen-bond donors (Lipinski definition) is 3. The number of carboxylic acids is 2. The summed E-state index contributed by atoms with van der Waals surface area (Å²) in [6.45, 7) is 0. The number of fused-ring (bicyclic) bond motifs is 2. The van der Waals surface area contributed by atoms with Gasteiger partial charge in [-0.2, -0.15) is 0 Å². The van der Waals surface area contributed by atoms with E-state index in [-0.39, 0.29) is 5.92 Å². The molecule has 1 saturated carbocycles. The lowest BCUT2D eigenvalue weighted by Crippen LogP contribution is -2.51. The van der Waals surface area contributed by atoms with Gasteiger partial charge in [-0.05, 0) is 12.3 Å². The van der Waals surface area contributed by atoms with Gasteiger partial charge in [-0.3, -0.25) is 4.79 Å². The van der Waals surface area contributed by atoms with E-state index in [1.807, 2.05) is 0 Å². The highest BCUT2D eigenvalue weighted by atomic mass is 16.4. The summed E-state index contributed by atoms with van der Waals surface area (Å²) in [6.07, 6.45) is 3.69. The fourth-order valence-corrected chi connectivity index (χ4v) is 2.52. The molecule has 0 aromatic carbocycles. The number of aliphatic hydroxyl groups is 1. The molecule has 76 valence electrons. The topological polar surface area (TPSA) is 94.8 Å². The monoisotopic (exact) mass is 198 g/mol. The fraction of sp³-hybridized carbons (Fsp3) is 0.556. The van der Waals surface area contributed by atoms with E-state index in [2.05, 4.69) is 0 Å². The van der Waals surface area contributed by atoms with E-state index in [0.29, 0.717) is 6.42 Å². The summed E-state index contributed by atoms with van der Waals surface area (Å²) in [5.41, 5.74) is -2.12. The second kappa shape index (κ2) is 2.57. The van der Waals surface area contributed by atoms with Gasteiger partial charge >= 0.3 is 11.9 Å². The summed E-state index contributed by atoms with van der Waals surface area (Å²) in [7, 11) is 0. The van der Waals surface area contributed by atoms with Crippen LogP contribution in [-0.2, 0) is 9.59 Å². The van der Waals surface area contributed by atoms with Crippen LogP contribution in [0.3, 0.4) is 0 Å². The fourth-order valence-electron chi connectivity index (χ4n) is 2.52. The smallest absolute Gasteiger partial charge is 0.337 e. The Morgan fingerprint density at radius 3 is 2.36 bits per heavy atom. The van der Waals surface area contributed by atoms with Crippen LogP contribution < -0.4 is 0 Å². The quantitative estimate of drug-likeness (QED) is 0.530. The molecule has 0 aromatic rings. The van der Waals surface area contributed by atoms with E-state index >= 15 is 0 Å². The summed E-state index contributed by atoms with van der Waals surface area (Å²) in [6, 6.07) is 0. The van der Waals surface area contributed by atoms with Gasteiger partial charge in [-0.15, -0.1) is 0 Å². The maximum absolute atomic E-state index is 10.9. The van der Waals surface area contributed by atoms with E-state index in [4.69, 9.17) is 10.2 Å². The van der Waals surface area contributed by atoms with Crippen molar-refractivity contribution in [3.63, 3.8) is 0 Å². The summed E-state index contributed by atoms with van der Waals surface area (Å²) in [4.78, 5) is 21.7. The molecular weight excluding hydrogens is 188 g/mol. The molecule has 4 unspecified atom stereocenters. The molecule has 0 aromatic heterocycles. The average Bonchev–Trinajstić information content (AvgIpc) is 2.61. The zero-order chi connectivity index (χ0) is 10.5. The van der Waals surface area contributed by atoms with Crippen LogP contribution in [0.25, 0.3) is 0 Å². The minimum Gasteiger partial charge on any atom is -0.481 e. The third-order valence-electron chi connectivity index (χ3n) is 3.19. The molecule has 2 bridgehead atoms. The van der Waals surface area contributed by atoms with Crippen molar-refractivity contribution in [2.75, 3.05) is 0 Å². The van der Waals surface area contributed by atoms with Crippen molar-refractivity contribution in [1.82, 2.24) is 0 Å². The predicted molar refractivity (Wildman–Crippen MR) is 44.4 cm³/mol. The van der Waals surface area contributed by atoms with Gasteiger partial charge in [0.2, 0.25) is 0 Å². The maximum atomic E-state index is 10.9. The molecule has 2 rings (SSSR count). The van der Waals surface area contributed by atoms with Crippen LogP contribution in [0, 0.1) is 17.8 Å². The average molecular weight is 198 g/mol. The molecule has 2 aliphatic carbocycles. The molecule has 0 spiro atoms. The lowest BCUT2D eigenvalue weighted by molar-refractivity contribution is -0.175. The van der Waals surface area contributed by atoms with Crippen LogP contribution in [0.2, 0.25) is 0 Å². The first-order valence-electron chi connectivity index (χ1n) is 4.34. The normalized spacial score (nSPS) is 44.2. The van der Waals surface area contributed by atoms with Gasteiger partial charge in [0.1, 0.15) is 5.92 Å². The van der Waals surface area contributed by atoms with Crippen LogP contribution in [0.4, 0.5) is 0 Å². The molecule has 14 heavy (non-hydrogen) atoms. The Balaban J connectivity index is 2.45. The van der Waals surface area contributed by atoms with Gasteiger partial charge < -0.3 is 15.3 Å². The summed E-state index contributed by atoms with van der Waals surface area (Å²) in [5.74, 6) is -4.81. The van der Waals surface area contributed by atoms with Crippen molar-refractivity contribution in [3.8, 4) is 0 Å². The highest BCUT2D eigenvalue weighted by Gasteiger charge is 2.63. The zero-order valence-electron chi connectivity index (χ0n) is 7.25. The molecule has 0 saturated heterocycles. The first kappa shape index (κ1) is 9.21. The number of carboxylic acid groups (broad SMARTS) is 2. The Labute approximate surface area is 79.7 Å². The summed E-state index contributed by atoms with van der Waals surface area (Å²) < 4.78 is 0. The van der Waals surface area contributed by atoms with Gasteiger partial charge in [-0.25, -0.2) is 4.79 Å². The first-order valence-corrected chi connectivity index (χ1v) is 4.34. The van der Waals surface area contributed by atoms with E-state index in [0.717, 1.165) is 0 Å². The molecule has 5 heteroatoms. The van der Waals surface area contributed by atoms with Gasteiger partial charge in [0.05, 0.1) is 0 Å². The van der Waals surface area contributed by atoms with Crippen LogP contribution in [0.5, 0.6) is 0 Å². The molecule has 0 heterocycles. The number of aliphatic carboxylic acids is 2. The predicted octanol–water partition coefficient (Wildman–Crippen LogP) is -0.291. The second-order valence-corrected chi connectivity index (χ2v) is 3.84. The highest BCUT2D eigenvalue weighted by molar-refractivity contribution is 5.88. The lowest BCUT2D eigenvalue weighted by Gasteiger charge is -2.30. The molecule has 0 radical (unpaired) electrons. The molecule has 1 fully saturated rings. The Bertz CT molecular complexity index is 334. The van der Waals surface area contributed by atoms with E-state index < -0.39 is 29.4 Å². The van der Waals surface area contributed by atoms with E-state index in [1.165, 1.54) is 0 Å². The highest BCUT2D eigenvalue weighted by Crippen LogP contribution is 2.50. The number of carbonyl (C=O) groups is 2. The maximum Gasteiger partial charge on any atom is 0.337 e. The number of rotatable bonds is 2. The number of allylic oxidation sites excluding steroid dienone is 1. The van der Waals surface area contributed by atoms with Gasteiger partial charge in [0, 0.05) is 5.92 Å². The van der Waals surface area contributed by atoms with E-state index in [1.54, 1.807) is 12.2 Å². The third kappa shape index (κ3) is 0.874. The summed E-state index contributed by atoms with van der Waals surface area (Å²) in [5, 5.41) is 27.6. The second-order valence-electron chi connectivity index (χ2n) is 3.84. The first-order chi connectivity index (χ1) is 6.48. The third-order valence-corrected chi connectivity index (χ3v) is 3.19. The van der Waals surface area contributed by atoms with Crippen molar-refractivity contribution in [2.24, 2.45) is 17.8 Å². The molecule has 0 aliphatic heterocycles. The Morgan fingerprint density at radius 1 is 1.29 bits per heavy atom. The Hall–Kier alpha value is -1.36. The van der Waals surface area contributed by atoms with Crippen molar-refractivity contribution < 1.29 is 24.9 Å². The van der Waals surface area contributed by atoms with Crippen LogP contribution in [0.15, 0.2) is 12.2 Å². The molecule has 4 atom stereocenters. The van der Waals surface area contributed by atoms with Crippen LogP contribution >= 0.6 is 0 Å². The Morgan fingerprint density at radius 2 is 1.93 bits per heavy atom. The Kier molecular flexibility index (Phi) is 1.69. The van der Waals surface area contributed by atoms with Crippen LogP contribution in [-0.4, -0.2) is 32.9 Å². The minimum atomic E-state index is -2.12. The van der Waals surface area contributed by atoms with Crippen molar-refractivity contribution in [2.45, 2.75) is 12.0 Å². The molecule has 3 N–H and O–H groups in total. The standard InChI is InChI=1S/C9H10O5/c10-7(11)6-4-1-2-5(3-4)9(6,14)8(12)13/h1-2,4-6,14H,3H2,(H,10,11)(H,12,13). The molecule has 0 amide bonds. The van der Waals surface area contributed by atoms with Crippen LogP contribution in [0.1, 0.15) is 6.42 Å². The largest absolute Gasteiger partial charge is 0.481 e. The SMILES string of the molecule is O=C(O)C1C2C=CC(C2)C1(O)C(=O)O. The molecule has 5 nitrogen and oxygen atoms in total. The molecule has 2 aliphatic rings. The van der Waals surface area contributed by atoms with Crippen molar-refractivity contribution in [1.29, 1.82) is 0 Å². The summed E-state index contributed by atoms with van der Waals surface area (Å²) >= 11 is 0. The van der Waals surface area contributed by atoms with Gasteiger partial charge in [-0.1, -0.05) is 12.2 Å². The van der Waals surface area contributed by atoms with E-state index in [9.17, 15) is 14.7 Å². The number of hydrogen-bond acceptors (Lipinski definition) is 3. The molecular formula is C9H10O5. The lowest BCUT2D eigenvalue weighted by atomic mass is 9.79. The van der Waals surface area contributed by atoms with Gasteiger partial charge in [0.25, 0.3) is 0 Å². The van der Waals surface area contributed by atoms with Crippen molar-refractivity contribution >= 4 is 11.9 Å².